The smallest absolute Gasteiger partial charge is 0.0946 e. The van der Waals surface area contributed by atoms with E-state index in [9.17, 15) is 0 Å². The first-order valence-electron chi connectivity index (χ1n) is 9.42. The topological polar surface area (TPSA) is 0 Å². The van der Waals surface area contributed by atoms with Gasteiger partial charge >= 0.3 is 0 Å². The van der Waals surface area contributed by atoms with Gasteiger partial charge in [-0.2, -0.15) is 0 Å². The van der Waals surface area contributed by atoms with E-state index < -0.39 is 65.0 Å². The van der Waals surface area contributed by atoms with Gasteiger partial charge in [-0.15, -0.1) is 0 Å². The monoisotopic (exact) mass is 1230 g/mol. The summed E-state index contributed by atoms with van der Waals surface area (Å²) in [5.74, 6) is 0. The van der Waals surface area contributed by atoms with Crippen molar-refractivity contribution < 1.29 is 0 Å². The second-order valence-electron chi connectivity index (χ2n) is 8.62. The van der Waals surface area contributed by atoms with Crippen LogP contribution in [0.25, 0.3) is 0 Å². The quantitative estimate of drug-likeness (QED) is 0.212. The third-order valence-corrected chi connectivity index (χ3v) is 28.7. The molecular weight excluding hydrogens is 1240 g/mol. The van der Waals surface area contributed by atoms with Crippen LogP contribution in [-0.2, 0) is 0 Å². The Bertz CT molecular complexity index is 738. The van der Waals surface area contributed by atoms with E-state index in [2.05, 4.69) is 0 Å². The van der Waals surface area contributed by atoms with Gasteiger partial charge in [0.1, 0.15) is 0 Å². The Labute approximate surface area is 406 Å². The Hall–Kier alpha value is 8.70. The molecule has 0 aromatic rings. The molecule has 1 saturated carbocycles. The van der Waals surface area contributed by atoms with Gasteiger partial charge in [0.25, 0.3) is 0 Å². The SMILES string of the molecule is ClC1(Cl)C(Cl)(Cl)C(Cl)(Cl)C(Cl)(Cl)C(Cl)(Cl)C(Cl)(Cl)C(Cl)(Cl)C(Cl)(Cl)C(Cl)(Cl)C(Cl)(Cl)C(Cl)(Cl)C(Cl)(Cl)C(Cl)(Cl)C(Cl)(Cl)C1(Cl)Cl. The van der Waals surface area contributed by atoms with Crippen molar-refractivity contribution in [2.24, 2.45) is 0 Å². The van der Waals surface area contributed by atoms with Gasteiger partial charge in [0, 0.05) is 0 Å². The third-order valence-electron chi connectivity index (χ3n) is 5.92. The summed E-state index contributed by atoms with van der Waals surface area (Å²) < 4.78 is -52.5. The lowest BCUT2D eigenvalue weighted by Crippen LogP contribution is -2.74. The molecule has 45 heavy (non-hydrogen) atoms. The second kappa shape index (κ2) is 14.5. The molecule has 0 bridgehead atoms. The van der Waals surface area contributed by atoms with Gasteiger partial charge in [-0.1, -0.05) is 348 Å². The largest absolute Gasteiger partial charge is 0.189 e. The summed E-state index contributed by atoms with van der Waals surface area (Å²) in [5.41, 5.74) is 0. The lowest BCUT2D eigenvalue weighted by atomic mass is 9.98. The molecule has 0 aromatic heterocycles. The standard InChI is InChI=1S/C15Cl30/c16-1(17)2(18,19)4(22,23)6(26,27)8(30,31)10(34,35)12(38,39)14(42,43)15(44,45)13(40,41)11(36,37)9(32,33)7(28,29)5(24,25)3(1,20)21. The molecule has 0 nitrogen and oxygen atoms in total. The summed E-state index contributed by atoms with van der Waals surface area (Å²) in [7, 11) is 0. The average Bonchev–Trinajstić information content (AvgIpc) is 2.81. The molecule has 0 aromatic carbocycles. The van der Waals surface area contributed by atoms with Gasteiger partial charge in [-0.3, -0.25) is 0 Å². The molecule has 1 aliphatic rings. The summed E-state index contributed by atoms with van der Waals surface area (Å²) >= 11 is 195. The zero-order chi connectivity index (χ0) is 37.5. The molecule has 270 valence electrons. The molecule has 0 saturated heterocycles. The summed E-state index contributed by atoms with van der Waals surface area (Å²) in [5, 5.41) is 0. The van der Waals surface area contributed by atoms with Gasteiger partial charge in [0.05, 0.1) is 0 Å². The zero-order valence-corrected chi connectivity index (χ0v) is 41.5. The number of hydrogen-bond acceptors (Lipinski definition) is 0. The van der Waals surface area contributed by atoms with E-state index in [-0.39, 0.29) is 0 Å². The summed E-state index contributed by atoms with van der Waals surface area (Å²) in [4.78, 5) is 0. The molecule has 0 N–H and O–H groups in total. The average molecular weight is 1240 g/mol. The minimum atomic E-state index is -3.50. The van der Waals surface area contributed by atoms with Crippen molar-refractivity contribution in [3.05, 3.63) is 0 Å². The van der Waals surface area contributed by atoms with Crippen LogP contribution in [0.4, 0.5) is 0 Å². The molecule has 1 rings (SSSR count). The van der Waals surface area contributed by atoms with E-state index in [0.29, 0.717) is 0 Å². The Morgan fingerprint density at radius 2 is 0.111 bits per heavy atom. The molecular formula is C15Cl30. The van der Waals surface area contributed by atoms with Crippen LogP contribution in [0, 0.1) is 0 Å². The molecule has 0 spiro atoms. The fraction of sp³-hybridized carbons (Fsp3) is 1.00. The molecule has 0 atom stereocenters. The van der Waals surface area contributed by atoms with Gasteiger partial charge in [0.2, 0.25) is 0 Å². The molecule has 30 heteroatoms. The van der Waals surface area contributed by atoms with Crippen LogP contribution in [-0.4, -0.2) is 65.0 Å². The minimum Gasteiger partial charge on any atom is -0.0946 e. The van der Waals surface area contributed by atoms with Crippen molar-refractivity contribution in [1.29, 1.82) is 0 Å². The van der Waals surface area contributed by atoms with E-state index in [1.165, 1.54) is 0 Å². The Morgan fingerprint density at radius 3 is 0.133 bits per heavy atom. The van der Waals surface area contributed by atoms with Crippen LogP contribution < -0.4 is 0 Å². The normalized spacial score (nSPS) is 34.0. The van der Waals surface area contributed by atoms with Crippen molar-refractivity contribution >= 4 is 348 Å². The maximum absolute atomic E-state index is 6.48. The van der Waals surface area contributed by atoms with Crippen LogP contribution in [0.15, 0.2) is 0 Å². The lowest BCUT2D eigenvalue weighted by Gasteiger charge is -2.57. The maximum atomic E-state index is 6.48. The summed E-state index contributed by atoms with van der Waals surface area (Å²) in [6.45, 7) is 0. The highest BCUT2D eigenvalue weighted by Gasteiger charge is 2.90. The highest BCUT2D eigenvalue weighted by atomic mass is 35.6. The number of hydrogen-bond donors (Lipinski definition) is 0. The van der Waals surface area contributed by atoms with E-state index >= 15 is 0 Å². The fourth-order valence-corrected chi connectivity index (χ4v) is 14.4. The van der Waals surface area contributed by atoms with E-state index in [1.54, 1.807) is 0 Å². The molecule has 1 fully saturated rings. The highest BCUT2D eigenvalue weighted by molar-refractivity contribution is 6.86. The first kappa shape index (κ1) is 51.7. The fourth-order valence-electron chi connectivity index (χ4n) is 2.96. The van der Waals surface area contributed by atoms with Crippen LogP contribution in [0.2, 0.25) is 0 Å². The zero-order valence-electron chi connectivity index (χ0n) is 18.8. The van der Waals surface area contributed by atoms with Crippen LogP contribution >= 0.6 is 348 Å². The van der Waals surface area contributed by atoms with Gasteiger partial charge in [-0.25, -0.2) is 0 Å². The molecule has 0 amide bonds. The molecule has 0 unspecified atom stereocenters. The van der Waals surface area contributed by atoms with Crippen LogP contribution in [0.5, 0.6) is 0 Å². The first-order valence-corrected chi connectivity index (χ1v) is 20.8. The van der Waals surface area contributed by atoms with E-state index in [1.807, 2.05) is 0 Å². The predicted molar refractivity (Wildman–Crippen MR) is 217 cm³/mol. The summed E-state index contributed by atoms with van der Waals surface area (Å²) in [6, 6.07) is 0. The Morgan fingerprint density at radius 1 is 0.0889 bits per heavy atom. The van der Waals surface area contributed by atoms with Crippen molar-refractivity contribution in [1.82, 2.24) is 0 Å². The van der Waals surface area contributed by atoms with Crippen molar-refractivity contribution in [2.75, 3.05) is 0 Å². The van der Waals surface area contributed by atoms with Gasteiger partial charge in [0.15, 0.2) is 65.0 Å². The second-order valence-corrected chi connectivity index (χ2v) is 28.5. The van der Waals surface area contributed by atoms with Crippen molar-refractivity contribution in [3.8, 4) is 0 Å². The third kappa shape index (κ3) is 6.56. The number of halogens is 30. The lowest BCUT2D eigenvalue weighted by molar-refractivity contribution is 0.409. The Balaban J connectivity index is 4.79. The molecule has 0 aliphatic heterocycles. The molecule has 0 heterocycles. The maximum Gasteiger partial charge on any atom is 0.189 e. The number of alkyl halides is 30. The van der Waals surface area contributed by atoms with Gasteiger partial charge in [-0.05, 0) is 0 Å². The predicted octanol–water partition coefficient (Wildman–Crippen LogP) is 17.6. The van der Waals surface area contributed by atoms with Gasteiger partial charge < -0.3 is 0 Å². The van der Waals surface area contributed by atoms with Crippen molar-refractivity contribution in [2.45, 2.75) is 65.0 Å². The van der Waals surface area contributed by atoms with Crippen LogP contribution in [0.3, 0.4) is 0 Å². The van der Waals surface area contributed by atoms with Crippen molar-refractivity contribution in [3.63, 3.8) is 0 Å². The minimum absolute atomic E-state index is 3.50. The first-order chi connectivity index (χ1) is 18.8. The van der Waals surface area contributed by atoms with E-state index in [0.717, 1.165) is 0 Å². The number of rotatable bonds is 0. The summed E-state index contributed by atoms with van der Waals surface area (Å²) in [6.07, 6.45) is 0. The molecule has 0 radical (unpaired) electrons. The Kier molecular flexibility index (Phi) is 16.6. The highest BCUT2D eigenvalue weighted by Crippen LogP contribution is 2.80. The van der Waals surface area contributed by atoms with Crippen LogP contribution in [0.1, 0.15) is 0 Å². The van der Waals surface area contributed by atoms with E-state index in [4.69, 9.17) is 348 Å². The molecule has 1 aliphatic carbocycles.